The number of hydrogen-bond acceptors (Lipinski definition) is 6. The second-order valence-corrected chi connectivity index (χ2v) is 9.25. The third kappa shape index (κ3) is 6.24. The summed E-state index contributed by atoms with van der Waals surface area (Å²) in [4.78, 5) is 23.7. The van der Waals surface area contributed by atoms with Crippen molar-refractivity contribution >= 4 is 44.8 Å². The predicted octanol–water partition coefficient (Wildman–Crippen LogP) is 7.84. The Balaban J connectivity index is 1.48. The second-order valence-electron chi connectivity index (χ2n) is 7.93. The molecule has 36 heavy (non-hydrogen) atoms. The number of nitro groups is 1. The van der Waals surface area contributed by atoms with Gasteiger partial charge in [-0.15, -0.1) is 0 Å². The first-order chi connectivity index (χ1) is 17.2. The number of ether oxygens (including phenoxy) is 2. The van der Waals surface area contributed by atoms with Crippen molar-refractivity contribution in [2.75, 3.05) is 5.32 Å². The lowest BCUT2D eigenvalue weighted by Gasteiger charge is -2.11. The van der Waals surface area contributed by atoms with Gasteiger partial charge < -0.3 is 19.2 Å². The minimum absolute atomic E-state index is 0.0130. The topological polar surface area (TPSA) is 104 Å². The fourth-order valence-electron chi connectivity index (χ4n) is 3.28. The Labute approximate surface area is 220 Å². The van der Waals surface area contributed by atoms with Crippen molar-refractivity contribution in [3.63, 3.8) is 0 Å². The number of furan rings is 1. The zero-order valence-corrected chi connectivity index (χ0v) is 21.6. The van der Waals surface area contributed by atoms with E-state index in [9.17, 15) is 14.9 Å². The van der Waals surface area contributed by atoms with Crippen molar-refractivity contribution in [2.24, 2.45) is 0 Å². The van der Waals surface area contributed by atoms with Gasteiger partial charge in [-0.05, 0) is 61.4 Å². The van der Waals surface area contributed by atoms with Crippen molar-refractivity contribution in [3.8, 4) is 17.2 Å². The van der Waals surface area contributed by atoms with E-state index in [4.69, 9.17) is 25.5 Å². The number of anilines is 1. The van der Waals surface area contributed by atoms with Gasteiger partial charge in [0.25, 0.3) is 11.6 Å². The highest BCUT2D eigenvalue weighted by molar-refractivity contribution is 9.10. The van der Waals surface area contributed by atoms with Crippen LogP contribution in [0.15, 0.2) is 75.6 Å². The van der Waals surface area contributed by atoms with E-state index in [1.54, 1.807) is 24.3 Å². The van der Waals surface area contributed by atoms with Gasteiger partial charge >= 0.3 is 0 Å². The zero-order chi connectivity index (χ0) is 25.8. The van der Waals surface area contributed by atoms with Crippen LogP contribution in [0.4, 0.5) is 11.4 Å². The quantitative estimate of drug-likeness (QED) is 0.171. The maximum absolute atomic E-state index is 12.8. The summed E-state index contributed by atoms with van der Waals surface area (Å²) < 4.78 is 17.9. The van der Waals surface area contributed by atoms with Crippen LogP contribution in [0.3, 0.4) is 0 Å². The molecule has 0 atom stereocenters. The normalized spacial score (nSPS) is 10.7. The Hall–Kier alpha value is -3.82. The first-order valence-corrected chi connectivity index (χ1v) is 11.9. The fourth-order valence-corrected chi connectivity index (χ4v) is 4.00. The number of hydrogen-bond donors (Lipinski definition) is 1. The molecule has 1 aromatic heterocycles. The van der Waals surface area contributed by atoms with Gasteiger partial charge in [0, 0.05) is 16.6 Å². The summed E-state index contributed by atoms with van der Waals surface area (Å²) >= 11 is 9.48. The predicted molar refractivity (Wildman–Crippen MR) is 139 cm³/mol. The molecule has 0 aliphatic rings. The van der Waals surface area contributed by atoms with Crippen LogP contribution in [0, 0.1) is 24.0 Å². The number of carbonyl (C=O) groups is 1. The Morgan fingerprint density at radius 1 is 1.06 bits per heavy atom. The molecule has 8 nitrogen and oxygen atoms in total. The highest BCUT2D eigenvalue weighted by atomic mass is 79.9. The average molecular weight is 572 g/mol. The summed E-state index contributed by atoms with van der Waals surface area (Å²) in [7, 11) is 0. The van der Waals surface area contributed by atoms with Crippen molar-refractivity contribution in [2.45, 2.75) is 20.5 Å². The number of carbonyl (C=O) groups excluding carboxylic acids is 1. The molecular formula is C26H20BrClN2O6. The number of nitrogens with one attached hydrogen (secondary N) is 1. The summed E-state index contributed by atoms with van der Waals surface area (Å²) in [5.41, 5.74) is 1.81. The smallest absolute Gasteiger partial charge is 0.291 e. The minimum Gasteiger partial charge on any atom is -0.484 e. The number of halogens is 2. The summed E-state index contributed by atoms with van der Waals surface area (Å²) in [6.07, 6.45) is 0. The zero-order valence-electron chi connectivity index (χ0n) is 19.2. The number of nitro benzene ring substituents is 1. The molecule has 184 valence electrons. The standard InChI is InChI=1S/C26H20BrClN2O6/c1-15-3-4-16(2)25(9-15)36-21-12-18(11-19(13-21)30(32)33)29-26(31)24-8-6-20(35-24)14-34-23-7-5-17(27)10-22(23)28/h3-13H,14H2,1-2H3,(H,29,31). The summed E-state index contributed by atoms with van der Waals surface area (Å²) in [5.74, 6) is 1.08. The first kappa shape index (κ1) is 25.3. The van der Waals surface area contributed by atoms with Gasteiger partial charge in [0.1, 0.15) is 29.6 Å². The number of aryl methyl sites for hydroxylation is 2. The molecule has 0 saturated heterocycles. The minimum atomic E-state index is -0.582. The van der Waals surface area contributed by atoms with E-state index in [2.05, 4.69) is 21.2 Å². The van der Waals surface area contributed by atoms with E-state index in [0.717, 1.165) is 15.6 Å². The lowest BCUT2D eigenvalue weighted by molar-refractivity contribution is -0.384. The van der Waals surface area contributed by atoms with Gasteiger partial charge in [-0.25, -0.2) is 0 Å². The number of rotatable bonds is 8. The van der Waals surface area contributed by atoms with Crippen LogP contribution < -0.4 is 14.8 Å². The molecule has 4 rings (SSSR count). The maximum atomic E-state index is 12.8. The van der Waals surface area contributed by atoms with Gasteiger partial charge in [0.05, 0.1) is 21.7 Å². The third-order valence-electron chi connectivity index (χ3n) is 5.08. The van der Waals surface area contributed by atoms with Crippen LogP contribution in [0.25, 0.3) is 0 Å². The van der Waals surface area contributed by atoms with E-state index < -0.39 is 10.8 Å². The van der Waals surface area contributed by atoms with E-state index in [0.29, 0.717) is 22.3 Å². The molecule has 0 aliphatic heterocycles. The number of amides is 1. The average Bonchev–Trinajstić information content (AvgIpc) is 3.30. The molecule has 0 radical (unpaired) electrons. The van der Waals surface area contributed by atoms with Crippen molar-refractivity contribution in [1.29, 1.82) is 0 Å². The van der Waals surface area contributed by atoms with Gasteiger partial charge in [-0.1, -0.05) is 39.7 Å². The lowest BCUT2D eigenvalue weighted by Crippen LogP contribution is -2.11. The molecule has 0 spiro atoms. The molecule has 0 bridgehead atoms. The molecule has 4 aromatic rings. The van der Waals surface area contributed by atoms with Gasteiger partial charge in [0.2, 0.25) is 0 Å². The lowest BCUT2D eigenvalue weighted by atomic mass is 10.1. The highest BCUT2D eigenvalue weighted by Gasteiger charge is 2.17. The van der Waals surface area contributed by atoms with Crippen molar-refractivity contribution in [3.05, 3.63) is 109 Å². The van der Waals surface area contributed by atoms with Crippen LogP contribution in [-0.4, -0.2) is 10.8 Å². The summed E-state index contributed by atoms with van der Waals surface area (Å²) in [6, 6.07) is 18.0. The Morgan fingerprint density at radius 3 is 2.61 bits per heavy atom. The van der Waals surface area contributed by atoms with E-state index >= 15 is 0 Å². The van der Waals surface area contributed by atoms with Crippen LogP contribution in [-0.2, 0) is 6.61 Å². The Bertz CT molecular complexity index is 1450. The molecule has 0 unspecified atom stereocenters. The number of non-ortho nitro benzene ring substituents is 1. The third-order valence-corrected chi connectivity index (χ3v) is 5.87. The van der Waals surface area contributed by atoms with Crippen molar-refractivity contribution in [1.82, 2.24) is 0 Å². The van der Waals surface area contributed by atoms with Crippen LogP contribution >= 0.6 is 27.5 Å². The van der Waals surface area contributed by atoms with E-state index in [1.165, 1.54) is 24.3 Å². The highest BCUT2D eigenvalue weighted by Crippen LogP contribution is 2.32. The maximum Gasteiger partial charge on any atom is 0.291 e. The molecular weight excluding hydrogens is 552 g/mol. The van der Waals surface area contributed by atoms with Gasteiger partial charge in [0.15, 0.2) is 5.76 Å². The molecule has 1 amide bonds. The molecule has 3 aromatic carbocycles. The molecule has 0 saturated carbocycles. The Morgan fingerprint density at radius 2 is 1.86 bits per heavy atom. The molecule has 1 N–H and O–H groups in total. The SMILES string of the molecule is Cc1ccc(C)c(Oc2cc(NC(=O)c3ccc(COc4ccc(Br)cc4Cl)o3)cc([N+](=O)[O-])c2)c1. The molecule has 10 heteroatoms. The monoisotopic (exact) mass is 570 g/mol. The van der Waals surface area contributed by atoms with Crippen molar-refractivity contribution < 1.29 is 23.6 Å². The number of nitrogens with zero attached hydrogens (tertiary/aromatic N) is 1. The Kier molecular flexibility index (Phi) is 7.61. The molecule has 0 aliphatic carbocycles. The van der Waals surface area contributed by atoms with Crippen LogP contribution in [0.1, 0.15) is 27.4 Å². The van der Waals surface area contributed by atoms with Gasteiger partial charge in [-0.2, -0.15) is 0 Å². The molecule has 1 heterocycles. The summed E-state index contributed by atoms with van der Waals surface area (Å²) in [5, 5.41) is 14.5. The van der Waals surface area contributed by atoms with Crippen LogP contribution in [0.2, 0.25) is 5.02 Å². The van der Waals surface area contributed by atoms with Crippen LogP contribution in [0.5, 0.6) is 17.2 Å². The second kappa shape index (κ2) is 10.8. The number of benzene rings is 3. The first-order valence-electron chi connectivity index (χ1n) is 10.7. The van der Waals surface area contributed by atoms with E-state index in [1.807, 2.05) is 32.0 Å². The molecule has 0 fully saturated rings. The van der Waals surface area contributed by atoms with E-state index in [-0.39, 0.29) is 29.5 Å². The van der Waals surface area contributed by atoms with Gasteiger partial charge in [-0.3, -0.25) is 14.9 Å². The fraction of sp³-hybridized carbons (Fsp3) is 0.115. The summed E-state index contributed by atoms with van der Waals surface area (Å²) in [6.45, 7) is 3.85. The largest absolute Gasteiger partial charge is 0.484 e.